The van der Waals surface area contributed by atoms with E-state index in [-0.39, 0.29) is 11.8 Å². The molecule has 2 amide bonds. The number of benzene rings is 1. The highest BCUT2D eigenvalue weighted by molar-refractivity contribution is 9.10. The Morgan fingerprint density at radius 2 is 1.95 bits per heavy atom. The average molecular weight is 328 g/mol. The largest absolute Gasteiger partial charge is 0.325 e. The van der Waals surface area contributed by atoms with Gasteiger partial charge in [0.1, 0.15) is 0 Å². The van der Waals surface area contributed by atoms with E-state index in [1.165, 1.54) is 6.92 Å². The van der Waals surface area contributed by atoms with Gasteiger partial charge in [-0.3, -0.25) is 9.59 Å². The normalized spacial score (nSPS) is 10.1. The summed E-state index contributed by atoms with van der Waals surface area (Å²) >= 11 is 3.34. The summed E-state index contributed by atoms with van der Waals surface area (Å²) in [6.45, 7) is 2.23. The fraction of sp³-hybridized carbons (Fsp3) is 0.385. The Morgan fingerprint density at radius 1 is 1.21 bits per heavy atom. The van der Waals surface area contributed by atoms with E-state index in [1.807, 2.05) is 13.1 Å². The molecule has 5 nitrogen and oxygen atoms in total. The Bertz CT molecular complexity index is 463. The third kappa shape index (κ3) is 5.85. The lowest BCUT2D eigenvalue weighted by molar-refractivity contribution is -0.116. The van der Waals surface area contributed by atoms with E-state index in [2.05, 4.69) is 31.9 Å². The number of halogens is 1. The van der Waals surface area contributed by atoms with Crippen molar-refractivity contribution in [3.8, 4) is 0 Å². The van der Waals surface area contributed by atoms with Gasteiger partial charge in [0, 0.05) is 17.8 Å². The summed E-state index contributed by atoms with van der Waals surface area (Å²) in [4.78, 5) is 22.9. The SMILES string of the molecule is CNCCCC(=O)Nc1cc(Br)ccc1NC(C)=O. The molecule has 0 atom stereocenters. The van der Waals surface area contributed by atoms with Crippen LogP contribution in [0.4, 0.5) is 11.4 Å². The van der Waals surface area contributed by atoms with Gasteiger partial charge in [-0.05, 0) is 38.2 Å². The van der Waals surface area contributed by atoms with Crippen LogP contribution in [-0.2, 0) is 9.59 Å². The van der Waals surface area contributed by atoms with Gasteiger partial charge in [-0.2, -0.15) is 0 Å². The van der Waals surface area contributed by atoms with Crippen LogP contribution in [0.15, 0.2) is 22.7 Å². The first-order valence-electron chi connectivity index (χ1n) is 6.04. The maximum absolute atomic E-state index is 11.8. The van der Waals surface area contributed by atoms with Crippen LogP contribution >= 0.6 is 15.9 Å². The van der Waals surface area contributed by atoms with E-state index in [4.69, 9.17) is 0 Å². The number of nitrogens with one attached hydrogen (secondary N) is 3. The van der Waals surface area contributed by atoms with Crippen LogP contribution in [0.1, 0.15) is 19.8 Å². The molecule has 3 N–H and O–H groups in total. The smallest absolute Gasteiger partial charge is 0.224 e. The zero-order valence-corrected chi connectivity index (χ0v) is 12.6. The highest BCUT2D eigenvalue weighted by Crippen LogP contribution is 2.26. The number of anilines is 2. The van der Waals surface area contributed by atoms with Gasteiger partial charge in [-0.1, -0.05) is 15.9 Å². The second-order valence-corrected chi connectivity index (χ2v) is 5.04. The summed E-state index contributed by atoms with van der Waals surface area (Å²) in [5.74, 6) is -0.243. The molecule has 0 fully saturated rings. The van der Waals surface area contributed by atoms with E-state index < -0.39 is 0 Å². The van der Waals surface area contributed by atoms with Crippen LogP contribution in [0.3, 0.4) is 0 Å². The fourth-order valence-electron chi connectivity index (χ4n) is 1.56. The Labute approximate surface area is 121 Å². The van der Waals surface area contributed by atoms with Crippen LogP contribution in [-0.4, -0.2) is 25.4 Å². The second kappa shape index (κ2) is 7.91. The zero-order chi connectivity index (χ0) is 14.3. The van der Waals surface area contributed by atoms with Crippen LogP contribution in [0, 0.1) is 0 Å². The third-order valence-electron chi connectivity index (χ3n) is 2.40. The fourth-order valence-corrected chi connectivity index (χ4v) is 1.92. The number of carbonyl (C=O) groups is 2. The molecule has 1 aromatic rings. The van der Waals surface area contributed by atoms with E-state index >= 15 is 0 Å². The predicted molar refractivity (Wildman–Crippen MR) is 80.2 cm³/mol. The third-order valence-corrected chi connectivity index (χ3v) is 2.89. The van der Waals surface area contributed by atoms with E-state index in [0.29, 0.717) is 17.8 Å². The summed E-state index contributed by atoms with van der Waals surface area (Å²) in [6, 6.07) is 5.32. The molecule has 0 saturated carbocycles. The molecule has 6 heteroatoms. The first-order valence-corrected chi connectivity index (χ1v) is 6.84. The number of amides is 2. The lowest BCUT2D eigenvalue weighted by atomic mass is 10.2. The van der Waals surface area contributed by atoms with Crippen LogP contribution in [0.25, 0.3) is 0 Å². The summed E-state index contributed by atoms with van der Waals surface area (Å²) in [5.41, 5.74) is 1.19. The van der Waals surface area contributed by atoms with Crippen molar-refractivity contribution in [2.45, 2.75) is 19.8 Å². The molecule has 104 valence electrons. The van der Waals surface area contributed by atoms with Gasteiger partial charge in [0.2, 0.25) is 11.8 Å². The highest BCUT2D eigenvalue weighted by atomic mass is 79.9. The minimum atomic E-state index is -0.173. The Morgan fingerprint density at radius 3 is 2.58 bits per heavy atom. The molecule has 0 bridgehead atoms. The van der Waals surface area contributed by atoms with Gasteiger partial charge in [0.05, 0.1) is 11.4 Å². The van der Waals surface area contributed by atoms with Crippen molar-refractivity contribution in [2.24, 2.45) is 0 Å². The maximum atomic E-state index is 11.8. The molecule has 1 aromatic carbocycles. The quantitative estimate of drug-likeness (QED) is 0.702. The second-order valence-electron chi connectivity index (χ2n) is 4.13. The Kier molecular flexibility index (Phi) is 6.52. The summed E-state index contributed by atoms with van der Waals surface area (Å²) in [5, 5.41) is 8.48. The van der Waals surface area contributed by atoms with Gasteiger partial charge in [0.15, 0.2) is 0 Å². The minimum absolute atomic E-state index is 0.0695. The molecule has 0 aliphatic carbocycles. The van der Waals surface area contributed by atoms with Crippen molar-refractivity contribution < 1.29 is 9.59 Å². The summed E-state index contributed by atoms with van der Waals surface area (Å²) < 4.78 is 0.840. The zero-order valence-electron chi connectivity index (χ0n) is 11.0. The number of rotatable bonds is 6. The van der Waals surface area contributed by atoms with Crippen molar-refractivity contribution >= 4 is 39.1 Å². The molecular weight excluding hydrogens is 310 g/mol. The predicted octanol–water partition coefficient (Wildman–Crippen LogP) is 2.35. The van der Waals surface area contributed by atoms with Crippen molar-refractivity contribution in [1.29, 1.82) is 0 Å². The number of carbonyl (C=O) groups excluding carboxylic acids is 2. The molecule has 19 heavy (non-hydrogen) atoms. The molecule has 0 aliphatic heterocycles. The van der Waals surface area contributed by atoms with Gasteiger partial charge in [-0.15, -0.1) is 0 Å². The molecule has 0 heterocycles. The topological polar surface area (TPSA) is 70.2 Å². The van der Waals surface area contributed by atoms with Gasteiger partial charge in [-0.25, -0.2) is 0 Å². The van der Waals surface area contributed by atoms with Crippen molar-refractivity contribution in [3.63, 3.8) is 0 Å². The van der Waals surface area contributed by atoms with Crippen molar-refractivity contribution in [1.82, 2.24) is 5.32 Å². The van der Waals surface area contributed by atoms with Gasteiger partial charge in [0.25, 0.3) is 0 Å². The van der Waals surface area contributed by atoms with Crippen LogP contribution in [0.5, 0.6) is 0 Å². The maximum Gasteiger partial charge on any atom is 0.224 e. The van der Waals surface area contributed by atoms with Crippen LogP contribution < -0.4 is 16.0 Å². The first kappa shape index (κ1) is 15.7. The Hall–Kier alpha value is -1.40. The average Bonchev–Trinajstić information content (AvgIpc) is 2.32. The van der Waals surface area contributed by atoms with Gasteiger partial charge >= 0.3 is 0 Å². The highest BCUT2D eigenvalue weighted by Gasteiger charge is 2.08. The summed E-state index contributed by atoms with van der Waals surface area (Å²) in [7, 11) is 1.85. The lowest BCUT2D eigenvalue weighted by Gasteiger charge is -2.12. The summed E-state index contributed by atoms with van der Waals surface area (Å²) in [6.07, 6.45) is 1.21. The Balaban J connectivity index is 2.72. The monoisotopic (exact) mass is 327 g/mol. The lowest BCUT2D eigenvalue weighted by Crippen LogP contribution is -2.17. The molecule has 0 spiro atoms. The molecule has 0 saturated heterocycles. The van der Waals surface area contributed by atoms with E-state index in [0.717, 1.165) is 17.4 Å². The number of hydrogen-bond donors (Lipinski definition) is 3. The molecule has 0 radical (unpaired) electrons. The molecular formula is C13H18BrN3O2. The molecule has 0 aromatic heterocycles. The van der Waals surface area contributed by atoms with E-state index in [1.54, 1.807) is 12.1 Å². The first-order chi connectivity index (χ1) is 9.02. The van der Waals surface area contributed by atoms with Gasteiger partial charge < -0.3 is 16.0 Å². The molecule has 1 rings (SSSR count). The van der Waals surface area contributed by atoms with Crippen molar-refractivity contribution in [3.05, 3.63) is 22.7 Å². The molecule has 0 aliphatic rings. The standard InChI is InChI=1S/C13H18BrN3O2/c1-9(18)16-11-6-5-10(14)8-12(11)17-13(19)4-3-7-15-2/h5-6,8,15H,3-4,7H2,1-2H3,(H,16,18)(H,17,19). The van der Waals surface area contributed by atoms with E-state index in [9.17, 15) is 9.59 Å². The van der Waals surface area contributed by atoms with Crippen LogP contribution in [0.2, 0.25) is 0 Å². The minimum Gasteiger partial charge on any atom is -0.325 e. The van der Waals surface area contributed by atoms with Crippen molar-refractivity contribution in [2.75, 3.05) is 24.2 Å². The molecule has 0 unspecified atom stereocenters. The number of hydrogen-bond acceptors (Lipinski definition) is 3.